The minimum atomic E-state index is -0.245. The van der Waals surface area contributed by atoms with Gasteiger partial charge in [0.1, 0.15) is 12.4 Å². The molecule has 0 aromatic heterocycles. The van der Waals surface area contributed by atoms with Crippen LogP contribution in [-0.2, 0) is 16.1 Å². The highest BCUT2D eigenvalue weighted by atomic mass is 19.1. The molecule has 0 unspecified atom stereocenters. The Hall–Kier alpha value is -2.40. The summed E-state index contributed by atoms with van der Waals surface area (Å²) in [5.74, 6) is -0.441. The number of benzene rings is 2. The van der Waals surface area contributed by atoms with Crippen LogP contribution in [0.25, 0.3) is 0 Å². The second-order valence-electron chi connectivity index (χ2n) is 4.54. The summed E-state index contributed by atoms with van der Waals surface area (Å²) in [7, 11) is 1.47. The van der Waals surface area contributed by atoms with Crippen molar-refractivity contribution in [2.24, 2.45) is 0 Å². The molecule has 0 spiro atoms. The first kappa shape index (κ1) is 15.0. The molecule has 2 aromatic carbocycles. The molecule has 0 saturated heterocycles. The molecule has 0 aliphatic heterocycles. The van der Waals surface area contributed by atoms with E-state index in [9.17, 15) is 9.18 Å². The van der Waals surface area contributed by atoms with E-state index in [1.165, 1.54) is 19.2 Å². The zero-order valence-electron chi connectivity index (χ0n) is 11.7. The number of hydrogen-bond acceptors (Lipinski definition) is 3. The van der Waals surface area contributed by atoms with E-state index < -0.39 is 0 Å². The van der Waals surface area contributed by atoms with Crippen molar-refractivity contribution in [3.05, 3.63) is 59.9 Å². The molecule has 4 nitrogen and oxygen atoms in total. The van der Waals surface area contributed by atoms with Gasteiger partial charge in [0, 0.05) is 25.0 Å². The molecule has 0 aliphatic carbocycles. The van der Waals surface area contributed by atoms with Crippen molar-refractivity contribution in [1.29, 1.82) is 0 Å². The molecule has 0 radical (unpaired) electrons. The molecule has 0 fully saturated rings. The lowest BCUT2D eigenvalue weighted by Crippen LogP contribution is -2.16. The summed E-state index contributed by atoms with van der Waals surface area (Å²) in [6.07, 6.45) is 0. The average Bonchev–Trinajstić information content (AvgIpc) is 2.47. The van der Waals surface area contributed by atoms with Gasteiger partial charge in [0.2, 0.25) is 5.91 Å². The normalized spacial score (nSPS) is 10.2. The molecular formula is C16H17FN2O2. The van der Waals surface area contributed by atoms with Crippen molar-refractivity contribution >= 4 is 17.3 Å². The van der Waals surface area contributed by atoms with Crippen molar-refractivity contribution in [1.82, 2.24) is 0 Å². The molecular weight excluding hydrogens is 271 g/mol. The van der Waals surface area contributed by atoms with Gasteiger partial charge in [-0.1, -0.05) is 12.1 Å². The van der Waals surface area contributed by atoms with Crippen molar-refractivity contribution in [2.45, 2.75) is 6.54 Å². The van der Waals surface area contributed by atoms with Gasteiger partial charge in [-0.25, -0.2) is 4.39 Å². The van der Waals surface area contributed by atoms with Crippen LogP contribution in [0.4, 0.5) is 15.8 Å². The summed E-state index contributed by atoms with van der Waals surface area (Å²) in [6.45, 7) is 0.562. The minimum absolute atomic E-state index is 0.0274. The first-order valence-corrected chi connectivity index (χ1v) is 6.54. The zero-order chi connectivity index (χ0) is 15.1. The molecule has 1 amide bonds. The SMILES string of the molecule is COCC(=O)Nc1ccc(NCc2cccc(F)c2)cc1. The van der Waals surface area contributed by atoms with Gasteiger partial charge in [-0.15, -0.1) is 0 Å². The fraction of sp³-hybridized carbons (Fsp3) is 0.188. The van der Waals surface area contributed by atoms with E-state index in [2.05, 4.69) is 10.6 Å². The second-order valence-corrected chi connectivity index (χ2v) is 4.54. The summed E-state index contributed by atoms with van der Waals surface area (Å²) >= 11 is 0. The third-order valence-corrected chi connectivity index (χ3v) is 2.83. The summed E-state index contributed by atoms with van der Waals surface area (Å²) in [5, 5.41) is 5.90. The van der Waals surface area contributed by atoms with Crippen molar-refractivity contribution in [3.8, 4) is 0 Å². The summed E-state index contributed by atoms with van der Waals surface area (Å²) in [4.78, 5) is 11.4. The summed E-state index contributed by atoms with van der Waals surface area (Å²) < 4.78 is 17.8. The molecule has 0 heterocycles. The van der Waals surface area contributed by atoms with Gasteiger partial charge in [0.25, 0.3) is 0 Å². The summed E-state index contributed by atoms with van der Waals surface area (Å²) in [5.41, 5.74) is 2.46. The van der Waals surface area contributed by atoms with E-state index in [0.717, 1.165) is 11.3 Å². The molecule has 0 saturated carbocycles. The Morgan fingerprint density at radius 3 is 2.52 bits per heavy atom. The Kier molecular flexibility index (Phi) is 5.29. The van der Waals surface area contributed by atoms with Crippen molar-refractivity contribution in [2.75, 3.05) is 24.4 Å². The second kappa shape index (κ2) is 7.40. The Morgan fingerprint density at radius 2 is 1.86 bits per heavy atom. The monoisotopic (exact) mass is 288 g/mol. The number of rotatable bonds is 6. The first-order valence-electron chi connectivity index (χ1n) is 6.54. The molecule has 0 aliphatic rings. The van der Waals surface area contributed by atoms with Gasteiger partial charge in [0.05, 0.1) is 0 Å². The number of halogens is 1. The smallest absolute Gasteiger partial charge is 0.250 e. The Bertz CT molecular complexity index is 599. The maximum absolute atomic E-state index is 13.1. The molecule has 0 bridgehead atoms. The predicted octanol–water partition coefficient (Wildman–Crippen LogP) is 3.02. The number of amides is 1. The van der Waals surface area contributed by atoms with Crippen LogP contribution in [0.3, 0.4) is 0 Å². The fourth-order valence-corrected chi connectivity index (χ4v) is 1.85. The van der Waals surface area contributed by atoms with Gasteiger partial charge >= 0.3 is 0 Å². The molecule has 2 N–H and O–H groups in total. The lowest BCUT2D eigenvalue weighted by molar-refractivity contribution is -0.119. The minimum Gasteiger partial charge on any atom is -0.381 e. The largest absolute Gasteiger partial charge is 0.381 e. The maximum atomic E-state index is 13.1. The number of carbonyl (C=O) groups is 1. The van der Waals surface area contributed by atoms with E-state index in [0.29, 0.717) is 12.2 Å². The van der Waals surface area contributed by atoms with Crippen LogP contribution in [0.1, 0.15) is 5.56 Å². The number of methoxy groups -OCH3 is 1. The van der Waals surface area contributed by atoms with Crippen LogP contribution in [0, 0.1) is 5.82 Å². The Balaban J connectivity index is 1.89. The molecule has 5 heteroatoms. The number of nitrogens with one attached hydrogen (secondary N) is 2. The Morgan fingerprint density at radius 1 is 1.14 bits per heavy atom. The highest BCUT2D eigenvalue weighted by Gasteiger charge is 2.01. The van der Waals surface area contributed by atoms with E-state index in [1.807, 2.05) is 18.2 Å². The molecule has 110 valence electrons. The van der Waals surface area contributed by atoms with Crippen molar-refractivity contribution in [3.63, 3.8) is 0 Å². The highest BCUT2D eigenvalue weighted by molar-refractivity contribution is 5.91. The van der Waals surface area contributed by atoms with Crippen LogP contribution in [0.5, 0.6) is 0 Å². The maximum Gasteiger partial charge on any atom is 0.250 e. The van der Waals surface area contributed by atoms with Gasteiger partial charge in [-0.2, -0.15) is 0 Å². The van der Waals surface area contributed by atoms with Gasteiger partial charge < -0.3 is 15.4 Å². The van der Waals surface area contributed by atoms with Gasteiger partial charge in [-0.3, -0.25) is 4.79 Å². The lowest BCUT2D eigenvalue weighted by atomic mass is 10.2. The number of anilines is 2. The van der Waals surface area contributed by atoms with Crippen LogP contribution >= 0.6 is 0 Å². The highest BCUT2D eigenvalue weighted by Crippen LogP contribution is 2.15. The molecule has 2 aromatic rings. The predicted molar refractivity (Wildman–Crippen MR) is 80.7 cm³/mol. The van der Waals surface area contributed by atoms with Crippen molar-refractivity contribution < 1.29 is 13.9 Å². The van der Waals surface area contributed by atoms with E-state index >= 15 is 0 Å². The summed E-state index contributed by atoms with van der Waals surface area (Å²) in [6, 6.07) is 13.7. The topological polar surface area (TPSA) is 50.4 Å². The number of hydrogen-bond donors (Lipinski definition) is 2. The third-order valence-electron chi connectivity index (χ3n) is 2.83. The van der Waals surface area contributed by atoms with Gasteiger partial charge in [0.15, 0.2) is 0 Å². The number of carbonyl (C=O) groups excluding carboxylic acids is 1. The lowest BCUT2D eigenvalue weighted by Gasteiger charge is -2.08. The van der Waals surface area contributed by atoms with Crippen LogP contribution in [0.15, 0.2) is 48.5 Å². The average molecular weight is 288 g/mol. The van der Waals surface area contributed by atoms with E-state index in [-0.39, 0.29) is 18.3 Å². The molecule has 2 rings (SSSR count). The van der Waals surface area contributed by atoms with E-state index in [4.69, 9.17) is 4.74 Å². The standard InChI is InChI=1S/C16H17FN2O2/c1-21-11-16(20)19-15-7-5-14(6-8-15)18-10-12-3-2-4-13(17)9-12/h2-9,18H,10-11H2,1H3,(H,19,20). The third kappa shape index (κ3) is 4.89. The number of ether oxygens (including phenoxy) is 1. The molecule has 0 atom stereocenters. The van der Waals surface area contributed by atoms with Crippen LogP contribution < -0.4 is 10.6 Å². The first-order chi connectivity index (χ1) is 10.2. The van der Waals surface area contributed by atoms with E-state index in [1.54, 1.807) is 18.2 Å². The van der Waals surface area contributed by atoms with Crippen LogP contribution in [0.2, 0.25) is 0 Å². The quantitative estimate of drug-likeness (QED) is 0.859. The van der Waals surface area contributed by atoms with Crippen LogP contribution in [-0.4, -0.2) is 19.6 Å². The fourth-order valence-electron chi connectivity index (χ4n) is 1.85. The Labute approximate surface area is 122 Å². The molecule has 21 heavy (non-hydrogen) atoms. The zero-order valence-corrected chi connectivity index (χ0v) is 11.7. The van der Waals surface area contributed by atoms with Gasteiger partial charge in [-0.05, 0) is 42.0 Å².